The number of benzene rings is 11. The van der Waals surface area contributed by atoms with E-state index in [9.17, 15) is 52.7 Å². The maximum atomic E-state index is 15.0. The lowest BCUT2D eigenvalue weighted by Crippen LogP contribution is -2.12. The van der Waals surface area contributed by atoms with E-state index in [4.69, 9.17) is 9.97 Å². The SMILES string of the molecule is FC(F)(F)c1ccc(-c2ccc3c4ccc(-c5ccc(C(F)(F)F)cc5C(F)(F)F)cc4c4nc5c(-c6ccc7c8ccccc8n(-c8ccccc8)c7c6)sc(-c6ccc7c8ccccc8n(-c8ccccc8)c7c6)c5nc4c3c2)c(C(F)(F)F)c1. The van der Waals surface area contributed by atoms with Crippen LogP contribution in [0.4, 0.5) is 52.7 Å². The van der Waals surface area contributed by atoms with E-state index in [1.54, 1.807) is 0 Å². The molecule has 0 bridgehead atoms. The van der Waals surface area contributed by atoms with Crippen LogP contribution in [0.1, 0.15) is 22.3 Å². The van der Waals surface area contributed by atoms with Gasteiger partial charge < -0.3 is 9.13 Å². The van der Waals surface area contributed by atoms with Gasteiger partial charge in [0, 0.05) is 43.7 Å². The zero-order valence-electron chi connectivity index (χ0n) is 44.5. The molecular formula is C70H36F12N4S. The normalized spacial score (nSPS) is 12.8. The lowest BCUT2D eigenvalue weighted by atomic mass is 9.90. The first-order chi connectivity index (χ1) is 41.7. The fraction of sp³-hybridized carbons (Fsp3) is 0.0571. The highest BCUT2D eigenvalue weighted by Gasteiger charge is 2.40. The van der Waals surface area contributed by atoms with Crippen molar-refractivity contribution in [3.8, 4) is 54.5 Å². The summed E-state index contributed by atoms with van der Waals surface area (Å²) >= 11 is 1.37. The summed E-state index contributed by atoms with van der Waals surface area (Å²) in [5, 5.41) is 4.91. The molecule has 0 spiro atoms. The van der Waals surface area contributed by atoms with Crippen LogP contribution < -0.4 is 0 Å². The van der Waals surface area contributed by atoms with Crippen molar-refractivity contribution in [2.75, 3.05) is 0 Å². The number of nitrogens with zero attached hydrogens (tertiary/aromatic N) is 4. The van der Waals surface area contributed by atoms with Crippen molar-refractivity contribution in [2.45, 2.75) is 24.7 Å². The van der Waals surface area contributed by atoms with Crippen LogP contribution in [0.2, 0.25) is 0 Å². The van der Waals surface area contributed by atoms with Gasteiger partial charge in [0.1, 0.15) is 11.0 Å². The van der Waals surface area contributed by atoms with Gasteiger partial charge in [0.2, 0.25) is 0 Å². The number of aromatic nitrogens is 4. The van der Waals surface area contributed by atoms with Crippen LogP contribution in [0.3, 0.4) is 0 Å². The monoisotopic (exact) mass is 1190 g/mol. The Balaban J connectivity index is 1.07. The number of fused-ring (bicyclic) bond motifs is 13. The molecule has 15 rings (SSSR count). The predicted octanol–water partition coefficient (Wildman–Crippen LogP) is 22.1. The Morgan fingerprint density at radius 1 is 0.276 bits per heavy atom. The second kappa shape index (κ2) is 19.3. The summed E-state index contributed by atoms with van der Waals surface area (Å²) in [4.78, 5) is 12.1. The quantitative estimate of drug-likeness (QED) is 0.123. The summed E-state index contributed by atoms with van der Waals surface area (Å²) in [6.45, 7) is 0. The first-order valence-corrected chi connectivity index (χ1v) is 27.9. The Bertz CT molecular complexity index is 5010. The van der Waals surface area contributed by atoms with Crippen molar-refractivity contribution in [2.24, 2.45) is 0 Å². The number of halogens is 12. The van der Waals surface area contributed by atoms with Crippen molar-refractivity contribution in [1.82, 2.24) is 19.1 Å². The van der Waals surface area contributed by atoms with Crippen molar-refractivity contribution < 1.29 is 52.7 Å². The molecule has 0 saturated heterocycles. The first-order valence-electron chi connectivity index (χ1n) is 27.1. The summed E-state index contributed by atoms with van der Waals surface area (Å²) in [5.41, 5.74) is 0.0420. The summed E-state index contributed by atoms with van der Waals surface area (Å²) in [5.74, 6) is 0. The summed E-state index contributed by atoms with van der Waals surface area (Å²) in [7, 11) is 0. The van der Waals surface area contributed by atoms with E-state index in [2.05, 4.69) is 9.13 Å². The molecule has 87 heavy (non-hydrogen) atoms. The van der Waals surface area contributed by atoms with E-state index in [1.165, 1.54) is 47.7 Å². The van der Waals surface area contributed by atoms with Gasteiger partial charge in [-0.15, -0.1) is 11.3 Å². The number of thiophene rings is 1. The van der Waals surface area contributed by atoms with Gasteiger partial charge in [0.25, 0.3) is 0 Å². The third kappa shape index (κ3) is 8.76. The molecule has 0 aliphatic heterocycles. The molecule has 0 aliphatic carbocycles. The van der Waals surface area contributed by atoms with E-state index >= 15 is 0 Å². The third-order valence-electron chi connectivity index (χ3n) is 16.2. The molecule has 0 atom stereocenters. The molecule has 4 aromatic heterocycles. The second-order valence-electron chi connectivity index (χ2n) is 21.3. The van der Waals surface area contributed by atoms with Crippen LogP contribution in [-0.2, 0) is 24.7 Å². The van der Waals surface area contributed by atoms with Gasteiger partial charge in [0.05, 0.1) is 65.1 Å². The second-order valence-corrected chi connectivity index (χ2v) is 22.3. The van der Waals surface area contributed by atoms with Crippen molar-refractivity contribution >= 4 is 98.6 Å². The Morgan fingerprint density at radius 2 is 0.632 bits per heavy atom. The molecule has 0 radical (unpaired) electrons. The molecule has 426 valence electrons. The van der Waals surface area contributed by atoms with Crippen LogP contribution in [0.25, 0.3) is 142 Å². The third-order valence-corrected chi connectivity index (χ3v) is 17.5. The van der Waals surface area contributed by atoms with Gasteiger partial charge in [-0.2, -0.15) is 52.7 Å². The Hall–Kier alpha value is -10.0. The molecule has 0 saturated carbocycles. The highest BCUT2D eigenvalue weighted by Crippen LogP contribution is 2.50. The van der Waals surface area contributed by atoms with Gasteiger partial charge >= 0.3 is 24.7 Å². The largest absolute Gasteiger partial charge is 0.417 e. The van der Waals surface area contributed by atoms with E-state index in [1.807, 2.05) is 146 Å². The highest BCUT2D eigenvalue weighted by molar-refractivity contribution is 7.21. The smallest absolute Gasteiger partial charge is 0.309 e. The van der Waals surface area contributed by atoms with E-state index in [0.717, 1.165) is 67.1 Å². The van der Waals surface area contributed by atoms with Gasteiger partial charge in [0.15, 0.2) is 0 Å². The van der Waals surface area contributed by atoms with Crippen molar-refractivity contribution in [1.29, 1.82) is 0 Å². The predicted molar refractivity (Wildman–Crippen MR) is 320 cm³/mol. The zero-order chi connectivity index (χ0) is 60.1. The van der Waals surface area contributed by atoms with Gasteiger partial charge in [-0.05, 0) is 129 Å². The number of hydrogen-bond donors (Lipinski definition) is 0. The maximum absolute atomic E-state index is 15.0. The first kappa shape index (κ1) is 53.7. The van der Waals surface area contributed by atoms with Crippen LogP contribution in [0.5, 0.6) is 0 Å². The molecule has 4 nitrogen and oxygen atoms in total. The Kier molecular flexibility index (Phi) is 11.9. The van der Waals surface area contributed by atoms with Gasteiger partial charge in [-0.25, -0.2) is 9.97 Å². The molecule has 4 heterocycles. The van der Waals surface area contributed by atoms with Crippen LogP contribution in [-0.4, -0.2) is 19.1 Å². The molecule has 0 fully saturated rings. The minimum Gasteiger partial charge on any atom is -0.309 e. The number of alkyl halides is 12. The Labute approximate surface area is 488 Å². The van der Waals surface area contributed by atoms with Gasteiger partial charge in [-0.3, -0.25) is 0 Å². The molecular weight excluding hydrogens is 1160 g/mol. The molecule has 15 aromatic rings. The maximum Gasteiger partial charge on any atom is 0.417 e. The number of hydrogen-bond acceptors (Lipinski definition) is 3. The van der Waals surface area contributed by atoms with Crippen molar-refractivity contribution in [3.63, 3.8) is 0 Å². The van der Waals surface area contributed by atoms with E-state index in [-0.39, 0.29) is 45.1 Å². The van der Waals surface area contributed by atoms with Crippen LogP contribution in [0, 0.1) is 0 Å². The molecule has 11 aromatic carbocycles. The lowest BCUT2D eigenvalue weighted by Gasteiger charge is -2.18. The molecule has 0 N–H and O–H groups in total. The van der Waals surface area contributed by atoms with E-state index in [0.29, 0.717) is 54.8 Å². The number of rotatable bonds is 6. The molecule has 17 heteroatoms. The summed E-state index contributed by atoms with van der Waals surface area (Å²) < 4.78 is 178. The highest BCUT2D eigenvalue weighted by atomic mass is 32.1. The molecule has 0 amide bonds. The number of para-hydroxylation sites is 4. The Morgan fingerprint density at radius 3 is 1.02 bits per heavy atom. The topological polar surface area (TPSA) is 35.6 Å². The van der Waals surface area contributed by atoms with Crippen LogP contribution in [0.15, 0.2) is 218 Å². The summed E-state index contributed by atoms with van der Waals surface area (Å²) in [6, 6.07) is 58.7. The fourth-order valence-electron chi connectivity index (χ4n) is 12.4. The average Bonchev–Trinajstić information content (AvgIpc) is 1.73. The summed E-state index contributed by atoms with van der Waals surface area (Å²) in [6.07, 6.45) is -20.7. The zero-order valence-corrected chi connectivity index (χ0v) is 45.3. The van der Waals surface area contributed by atoms with Crippen LogP contribution >= 0.6 is 11.3 Å². The average molecular weight is 1190 g/mol. The minimum atomic E-state index is -5.25. The van der Waals surface area contributed by atoms with Crippen molar-refractivity contribution in [3.05, 3.63) is 241 Å². The molecule has 0 unspecified atom stereocenters. The lowest BCUT2D eigenvalue weighted by molar-refractivity contribution is -0.144. The van der Waals surface area contributed by atoms with E-state index < -0.39 is 58.1 Å². The minimum absolute atomic E-state index is 0.0588. The molecule has 0 aliphatic rings. The standard InChI is InChI=1S/C70H36F12N4S/c71-67(72,73)41-23-29-45(55(35-41)69(77,78)79)37-19-25-47-48-26-20-38(46-30-24-42(68(74,75)76)36-56(46)70(80,81)82)32-54(48)62-61(53(47)31-37)83-63-64(84-62)66(40-22-28-52-50-16-8-10-18-58(50)86(60(52)34-40)44-13-5-2-6-14-44)87-65(63)39-21-27-51-49-15-7-9-17-57(49)85(59(51)33-39)43-11-3-1-4-12-43/h1-36H. The fourth-order valence-corrected chi connectivity index (χ4v) is 13.5. The van der Waals surface area contributed by atoms with Gasteiger partial charge in [-0.1, -0.05) is 133 Å².